The number of benzene rings is 1. The fourth-order valence-corrected chi connectivity index (χ4v) is 1.63. The van der Waals surface area contributed by atoms with Gasteiger partial charge in [0.05, 0.1) is 19.0 Å². The van der Waals surface area contributed by atoms with Crippen molar-refractivity contribution in [1.29, 1.82) is 0 Å². The van der Waals surface area contributed by atoms with Gasteiger partial charge >= 0.3 is 0 Å². The molecular weight excluding hydrogens is 216 g/mol. The molecule has 0 aliphatic heterocycles. The van der Waals surface area contributed by atoms with Crippen LogP contribution in [0.15, 0.2) is 24.4 Å². The van der Waals surface area contributed by atoms with Crippen molar-refractivity contribution < 1.29 is 9.84 Å². The fraction of sp³-hybridized carbons (Fsp3) is 0.308. The number of hydrogen-bond acceptors (Lipinski definition) is 3. The first kappa shape index (κ1) is 11.5. The molecule has 0 atom stereocenters. The molecule has 90 valence electrons. The smallest absolute Gasteiger partial charge is 0.160 e. The topological polar surface area (TPSA) is 58.1 Å². The van der Waals surface area contributed by atoms with E-state index in [4.69, 9.17) is 4.74 Å². The quantitative estimate of drug-likeness (QED) is 0.855. The predicted molar refractivity (Wildman–Crippen MR) is 66.3 cm³/mol. The molecule has 4 heteroatoms. The first-order chi connectivity index (χ1) is 8.11. The van der Waals surface area contributed by atoms with Gasteiger partial charge < -0.3 is 14.8 Å². The number of phenolic OH excluding ortho intramolecular Hbond substituents is 1. The van der Waals surface area contributed by atoms with Gasteiger partial charge in [0, 0.05) is 11.5 Å². The summed E-state index contributed by atoms with van der Waals surface area (Å²) in [6, 6.07) is 5.28. The summed E-state index contributed by atoms with van der Waals surface area (Å²) in [7, 11) is 1.53. The molecule has 0 saturated carbocycles. The largest absolute Gasteiger partial charge is 0.504 e. The molecule has 4 nitrogen and oxygen atoms in total. The van der Waals surface area contributed by atoms with Crippen molar-refractivity contribution in [3.8, 4) is 22.8 Å². The molecular formula is C13H16N2O2. The van der Waals surface area contributed by atoms with Crippen molar-refractivity contribution in [2.24, 2.45) is 0 Å². The van der Waals surface area contributed by atoms with Gasteiger partial charge in [0.2, 0.25) is 0 Å². The van der Waals surface area contributed by atoms with Gasteiger partial charge in [-0.2, -0.15) is 0 Å². The van der Waals surface area contributed by atoms with Gasteiger partial charge in [-0.3, -0.25) is 0 Å². The highest BCUT2D eigenvalue weighted by Gasteiger charge is 2.08. The number of aromatic hydroxyl groups is 1. The lowest BCUT2D eigenvalue weighted by Gasteiger charge is -2.05. The minimum absolute atomic E-state index is 0.130. The summed E-state index contributed by atoms with van der Waals surface area (Å²) in [5, 5.41) is 9.71. The van der Waals surface area contributed by atoms with Gasteiger partial charge in [0.25, 0.3) is 0 Å². The number of nitrogens with one attached hydrogen (secondary N) is 1. The van der Waals surface area contributed by atoms with E-state index in [-0.39, 0.29) is 5.75 Å². The van der Waals surface area contributed by atoms with E-state index in [9.17, 15) is 5.11 Å². The summed E-state index contributed by atoms with van der Waals surface area (Å²) >= 11 is 0. The van der Waals surface area contributed by atoms with Crippen LogP contribution in [0.25, 0.3) is 11.3 Å². The maximum Gasteiger partial charge on any atom is 0.160 e. The van der Waals surface area contributed by atoms with E-state index < -0.39 is 0 Å². The fourth-order valence-electron chi connectivity index (χ4n) is 1.63. The Kier molecular flexibility index (Phi) is 3.04. The van der Waals surface area contributed by atoms with E-state index in [1.54, 1.807) is 18.3 Å². The highest BCUT2D eigenvalue weighted by atomic mass is 16.5. The Morgan fingerprint density at radius 2 is 2.12 bits per heavy atom. The molecule has 1 aromatic carbocycles. The number of rotatable bonds is 3. The lowest BCUT2D eigenvalue weighted by atomic mass is 10.1. The standard InChI is InChI=1S/C13H16N2O2/c1-8(2)13-14-7-10(15-13)9-4-5-12(17-3)11(16)6-9/h4-8,16H,1-3H3,(H,14,15). The van der Waals surface area contributed by atoms with E-state index >= 15 is 0 Å². The Bertz CT molecular complexity index is 518. The van der Waals surface area contributed by atoms with Crippen LogP contribution < -0.4 is 4.74 Å². The van der Waals surface area contributed by atoms with Crippen molar-refractivity contribution in [3.05, 3.63) is 30.2 Å². The van der Waals surface area contributed by atoms with Crippen molar-refractivity contribution in [1.82, 2.24) is 9.97 Å². The Morgan fingerprint density at radius 3 is 2.65 bits per heavy atom. The third kappa shape index (κ3) is 2.25. The zero-order valence-electron chi connectivity index (χ0n) is 10.2. The van der Waals surface area contributed by atoms with Crippen molar-refractivity contribution in [3.63, 3.8) is 0 Å². The van der Waals surface area contributed by atoms with E-state index in [1.807, 2.05) is 6.07 Å². The maximum atomic E-state index is 9.71. The van der Waals surface area contributed by atoms with E-state index in [0.29, 0.717) is 11.7 Å². The number of hydrogen-bond donors (Lipinski definition) is 2. The summed E-state index contributed by atoms with van der Waals surface area (Å²) in [6.45, 7) is 4.15. The molecule has 0 spiro atoms. The lowest BCUT2D eigenvalue weighted by molar-refractivity contribution is 0.373. The van der Waals surface area contributed by atoms with Crippen LogP contribution in [0.4, 0.5) is 0 Å². The van der Waals surface area contributed by atoms with E-state index in [1.165, 1.54) is 7.11 Å². The van der Waals surface area contributed by atoms with Crippen LogP contribution >= 0.6 is 0 Å². The molecule has 0 unspecified atom stereocenters. The molecule has 0 fully saturated rings. The number of phenols is 1. The zero-order valence-corrected chi connectivity index (χ0v) is 10.2. The molecule has 0 aliphatic carbocycles. The van der Waals surface area contributed by atoms with E-state index in [2.05, 4.69) is 23.8 Å². The molecule has 0 amide bonds. The lowest BCUT2D eigenvalue weighted by Crippen LogP contribution is -1.89. The van der Waals surface area contributed by atoms with Gasteiger partial charge in [-0.25, -0.2) is 4.98 Å². The molecule has 0 saturated heterocycles. The summed E-state index contributed by atoms with van der Waals surface area (Å²) < 4.78 is 5.00. The molecule has 2 N–H and O–H groups in total. The highest BCUT2D eigenvalue weighted by Crippen LogP contribution is 2.30. The van der Waals surface area contributed by atoms with Gasteiger partial charge in [-0.15, -0.1) is 0 Å². The third-order valence-corrected chi connectivity index (χ3v) is 2.63. The normalized spacial score (nSPS) is 10.8. The van der Waals surface area contributed by atoms with Crippen LogP contribution in [0, 0.1) is 0 Å². The molecule has 1 heterocycles. The van der Waals surface area contributed by atoms with E-state index in [0.717, 1.165) is 17.1 Å². The molecule has 0 radical (unpaired) electrons. The molecule has 0 bridgehead atoms. The van der Waals surface area contributed by atoms with Gasteiger partial charge in [-0.1, -0.05) is 13.8 Å². The predicted octanol–water partition coefficient (Wildman–Crippen LogP) is 2.91. The second kappa shape index (κ2) is 4.49. The second-order valence-corrected chi connectivity index (χ2v) is 4.22. The Labute approximate surface area is 100 Å². The highest BCUT2D eigenvalue weighted by molar-refractivity contribution is 5.63. The Morgan fingerprint density at radius 1 is 1.35 bits per heavy atom. The SMILES string of the molecule is COc1ccc(-c2cnc(C(C)C)[nH]2)cc1O. The molecule has 0 aliphatic rings. The Hall–Kier alpha value is -1.97. The molecule has 17 heavy (non-hydrogen) atoms. The van der Waals surface area contributed by atoms with Crippen LogP contribution in [0.5, 0.6) is 11.5 Å². The first-order valence-corrected chi connectivity index (χ1v) is 5.54. The number of imidazole rings is 1. The summed E-state index contributed by atoms with van der Waals surface area (Å²) in [5.74, 6) is 1.90. The van der Waals surface area contributed by atoms with Crippen LogP contribution in [0.3, 0.4) is 0 Å². The average molecular weight is 232 g/mol. The van der Waals surface area contributed by atoms with Gasteiger partial charge in [-0.05, 0) is 18.2 Å². The van der Waals surface area contributed by atoms with Crippen molar-refractivity contribution in [2.45, 2.75) is 19.8 Å². The van der Waals surface area contributed by atoms with Gasteiger partial charge in [0.1, 0.15) is 5.82 Å². The summed E-state index contributed by atoms with van der Waals surface area (Å²) in [6.07, 6.45) is 1.77. The third-order valence-electron chi connectivity index (χ3n) is 2.63. The summed E-state index contributed by atoms with van der Waals surface area (Å²) in [4.78, 5) is 7.53. The Balaban J connectivity index is 2.36. The van der Waals surface area contributed by atoms with Crippen LogP contribution in [0.1, 0.15) is 25.6 Å². The number of aromatic nitrogens is 2. The zero-order chi connectivity index (χ0) is 12.4. The number of nitrogens with zero attached hydrogens (tertiary/aromatic N) is 1. The number of methoxy groups -OCH3 is 1. The molecule has 2 aromatic rings. The minimum atomic E-state index is 0.130. The van der Waals surface area contributed by atoms with Crippen LogP contribution in [-0.2, 0) is 0 Å². The number of H-pyrrole nitrogens is 1. The average Bonchev–Trinajstić information content (AvgIpc) is 2.78. The van der Waals surface area contributed by atoms with Crippen LogP contribution in [-0.4, -0.2) is 22.2 Å². The maximum absolute atomic E-state index is 9.71. The summed E-state index contributed by atoms with van der Waals surface area (Å²) in [5.41, 5.74) is 1.79. The second-order valence-electron chi connectivity index (χ2n) is 4.22. The van der Waals surface area contributed by atoms with Gasteiger partial charge in [0.15, 0.2) is 11.5 Å². The molecule has 2 rings (SSSR count). The number of aromatic amines is 1. The van der Waals surface area contributed by atoms with Crippen molar-refractivity contribution >= 4 is 0 Å². The molecule has 1 aromatic heterocycles. The monoisotopic (exact) mass is 232 g/mol. The van der Waals surface area contributed by atoms with Crippen LogP contribution in [0.2, 0.25) is 0 Å². The minimum Gasteiger partial charge on any atom is -0.504 e. The first-order valence-electron chi connectivity index (χ1n) is 5.54. The van der Waals surface area contributed by atoms with Crippen molar-refractivity contribution in [2.75, 3.05) is 7.11 Å². The number of ether oxygens (including phenoxy) is 1.